The fraction of sp³-hybridized carbons (Fsp3) is 0.364. The molecule has 2 heterocycles. The molecular weight excluding hydrogens is 488 g/mol. The maximum atomic E-state index is 12.6. The molecule has 0 aliphatic heterocycles. The van der Waals surface area contributed by atoms with E-state index in [0.717, 1.165) is 25.7 Å². The number of carbonyl (C=O) groups excluding carboxylic acids is 2. The molecule has 2 aromatic heterocycles. The zero-order valence-corrected chi connectivity index (χ0v) is 19.6. The molecule has 194 valence electrons. The monoisotopic (exact) mass is 512 g/mol. The van der Waals surface area contributed by atoms with Crippen molar-refractivity contribution in [1.82, 2.24) is 25.7 Å². The van der Waals surface area contributed by atoms with E-state index in [-0.39, 0.29) is 35.0 Å². The number of hydrogen-bond acceptors (Lipinski definition) is 13. The van der Waals surface area contributed by atoms with Gasteiger partial charge in [0.1, 0.15) is 0 Å². The number of rotatable bonds is 9. The number of nitrogens with zero attached hydrogens (tertiary/aromatic N) is 4. The highest BCUT2D eigenvalue weighted by Gasteiger charge is 2.45. The van der Waals surface area contributed by atoms with Gasteiger partial charge in [0, 0.05) is 12.0 Å². The number of aliphatic hydroxyl groups is 3. The number of aromatic nitrogens is 4. The first kappa shape index (κ1) is 24.5. The minimum atomic E-state index is -3.50. The predicted octanol–water partition coefficient (Wildman–Crippen LogP) is -0.107. The predicted molar refractivity (Wildman–Crippen MR) is 125 cm³/mol. The molecule has 2 amide bonds. The van der Waals surface area contributed by atoms with Crippen molar-refractivity contribution < 1.29 is 34.2 Å². The third kappa shape index (κ3) is 5.34. The average molecular weight is 512 g/mol. The van der Waals surface area contributed by atoms with Gasteiger partial charge in [0.05, 0.1) is 29.6 Å². The van der Waals surface area contributed by atoms with Crippen LogP contribution in [0.5, 0.6) is 5.75 Å². The quantitative estimate of drug-likeness (QED) is 0.186. The van der Waals surface area contributed by atoms with Gasteiger partial charge in [-0.15, -0.1) is 10.2 Å². The normalized spacial score (nSPS) is 16.1. The fourth-order valence-corrected chi connectivity index (χ4v) is 3.56. The van der Waals surface area contributed by atoms with Crippen LogP contribution in [0.15, 0.2) is 28.8 Å². The number of nitrogens with one attached hydrogen (secondary N) is 3. The maximum absolute atomic E-state index is 12.6. The summed E-state index contributed by atoms with van der Waals surface area (Å²) in [5, 5.41) is 46.3. The molecule has 37 heavy (non-hydrogen) atoms. The average Bonchev–Trinajstić information content (AvgIpc) is 3.76. The van der Waals surface area contributed by atoms with E-state index in [1.807, 2.05) is 0 Å². The summed E-state index contributed by atoms with van der Waals surface area (Å²) in [6.07, 6.45) is -0.460. The standard InChI is InChI=1S/C22H24N8O7/c1-36-16-11(19-26-20(30-37-19)21(23)7-8-21)3-2-4-12(16)24-13-9-14(25-17(31)10-5-6-10)28-29-15(13)18(32)27-22(33,34)35/h2-4,9-10,33-35H,5-8,23H2,1H3,(H,27,32)(H2,24,25,28,31). The highest BCUT2D eigenvalue weighted by molar-refractivity contribution is 6.00. The Hall–Kier alpha value is -4.18. The lowest BCUT2D eigenvalue weighted by molar-refractivity contribution is -0.323. The minimum Gasteiger partial charge on any atom is -0.494 e. The Kier molecular flexibility index (Phi) is 5.99. The number of para-hydroxylation sites is 1. The van der Waals surface area contributed by atoms with Gasteiger partial charge in [-0.25, -0.2) is 0 Å². The summed E-state index contributed by atoms with van der Waals surface area (Å²) in [7, 11) is 1.42. The largest absolute Gasteiger partial charge is 0.494 e. The van der Waals surface area contributed by atoms with Crippen LogP contribution in [0, 0.1) is 5.92 Å². The van der Waals surface area contributed by atoms with Crippen LogP contribution in [0.25, 0.3) is 11.5 Å². The van der Waals surface area contributed by atoms with Crippen LogP contribution in [-0.4, -0.2) is 60.7 Å². The number of benzene rings is 1. The molecule has 0 unspecified atom stereocenters. The summed E-state index contributed by atoms with van der Waals surface area (Å²) >= 11 is 0. The smallest absolute Gasteiger partial charge is 0.369 e. The van der Waals surface area contributed by atoms with Gasteiger partial charge in [0.2, 0.25) is 5.91 Å². The van der Waals surface area contributed by atoms with Crippen molar-refractivity contribution in [2.24, 2.45) is 11.7 Å². The molecule has 15 heteroatoms. The number of methoxy groups -OCH3 is 1. The van der Waals surface area contributed by atoms with E-state index >= 15 is 0 Å². The van der Waals surface area contributed by atoms with Gasteiger partial charge in [0.25, 0.3) is 11.8 Å². The van der Waals surface area contributed by atoms with Crippen molar-refractivity contribution in [3.63, 3.8) is 0 Å². The Morgan fingerprint density at radius 3 is 2.59 bits per heavy atom. The highest BCUT2D eigenvalue weighted by Crippen LogP contribution is 2.43. The second-order valence-electron chi connectivity index (χ2n) is 8.94. The van der Waals surface area contributed by atoms with Crippen LogP contribution in [0.1, 0.15) is 42.0 Å². The summed E-state index contributed by atoms with van der Waals surface area (Å²) in [5.41, 5.74) is 5.91. The highest BCUT2D eigenvalue weighted by atomic mass is 16.7. The van der Waals surface area contributed by atoms with Crippen LogP contribution < -0.4 is 26.4 Å². The first-order valence-corrected chi connectivity index (χ1v) is 11.3. The third-order valence-electron chi connectivity index (χ3n) is 5.87. The number of anilines is 3. The molecule has 3 aromatic rings. The molecule has 15 nitrogen and oxygen atoms in total. The van der Waals surface area contributed by atoms with Gasteiger partial charge in [-0.3, -0.25) is 14.9 Å². The lowest BCUT2D eigenvalue weighted by Gasteiger charge is -2.18. The van der Waals surface area contributed by atoms with Gasteiger partial charge < -0.3 is 40.9 Å². The Bertz CT molecular complexity index is 1360. The summed E-state index contributed by atoms with van der Waals surface area (Å²) in [6, 6.07) is 6.32. The number of carbonyl (C=O) groups is 2. The zero-order valence-electron chi connectivity index (χ0n) is 19.6. The molecule has 0 atom stereocenters. The molecule has 8 N–H and O–H groups in total. The van der Waals surface area contributed by atoms with Crippen molar-refractivity contribution in [1.29, 1.82) is 0 Å². The van der Waals surface area contributed by atoms with Crippen molar-refractivity contribution in [2.75, 3.05) is 17.7 Å². The molecule has 2 saturated carbocycles. The topological polar surface area (TPSA) is 231 Å². The number of nitrogens with two attached hydrogens (primary N) is 1. The Morgan fingerprint density at radius 2 is 1.95 bits per heavy atom. The number of amides is 2. The van der Waals surface area contributed by atoms with Crippen LogP contribution in [0.3, 0.4) is 0 Å². The molecule has 5 rings (SSSR count). The van der Waals surface area contributed by atoms with Crippen LogP contribution in [0.4, 0.5) is 17.2 Å². The first-order chi connectivity index (χ1) is 17.6. The SMILES string of the molecule is COc1c(Nc2cc(NC(=O)C3CC3)nnc2C(=O)NC(O)(O)O)cccc1-c1nc(C2(N)CC2)no1. The van der Waals surface area contributed by atoms with Gasteiger partial charge in [-0.05, 0) is 37.8 Å². The van der Waals surface area contributed by atoms with Crippen LogP contribution in [0.2, 0.25) is 0 Å². The van der Waals surface area contributed by atoms with Gasteiger partial charge in [-0.2, -0.15) is 4.98 Å². The molecule has 0 saturated heterocycles. The molecule has 2 aliphatic carbocycles. The van der Waals surface area contributed by atoms with Crippen LogP contribution >= 0.6 is 0 Å². The minimum absolute atomic E-state index is 0.00315. The maximum Gasteiger partial charge on any atom is 0.369 e. The molecule has 2 aliphatic rings. The van der Waals surface area contributed by atoms with Crippen molar-refractivity contribution in [2.45, 2.75) is 37.3 Å². The third-order valence-corrected chi connectivity index (χ3v) is 5.87. The summed E-state index contributed by atoms with van der Waals surface area (Å²) in [5.74, 6) is -0.646. The van der Waals surface area contributed by atoms with Crippen molar-refractivity contribution >= 4 is 29.0 Å². The van der Waals surface area contributed by atoms with Crippen LogP contribution in [-0.2, 0) is 10.3 Å². The van der Waals surface area contributed by atoms with E-state index in [0.29, 0.717) is 17.1 Å². The Morgan fingerprint density at radius 1 is 1.19 bits per heavy atom. The van der Waals surface area contributed by atoms with E-state index in [1.54, 1.807) is 23.5 Å². The van der Waals surface area contributed by atoms with E-state index in [4.69, 9.17) is 15.0 Å². The lowest BCUT2D eigenvalue weighted by Crippen LogP contribution is -2.48. The first-order valence-electron chi connectivity index (χ1n) is 11.3. The van der Waals surface area contributed by atoms with E-state index in [1.165, 1.54) is 13.2 Å². The lowest BCUT2D eigenvalue weighted by atomic mass is 10.1. The van der Waals surface area contributed by atoms with E-state index in [2.05, 4.69) is 31.0 Å². The zero-order chi connectivity index (χ0) is 26.4. The molecule has 1 aromatic carbocycles. The van der Waals surface area contributed by atoms with E-state index < -0.39 is 23.2 Å². The molecule has 0 radical (unpaired) electrons. The second kappa shape index (κ2) is 9.04. The fourth-order valence-electron chi connectivity index (χ4n) is 3.56. The summed E-state index contributed by atoms with van der Waals surface area (Å²) in [4.78, 5) is 29.2. The Balaban J connectivity index is 1.50. The summed E-state index contributed by atoms with van der Waals surface area (Å²) < 4.78 is 11.0. The molecule has 0 bridgehead atoms. The van der Waals surface area contributed by atoms with Gasteiger partial charge in [-0.1, -0.05) is 11.2 Å². The number of hydrogen-bond donors (Lipinski definition) is 7. The molecule has 0 spiro atoms. The van der Waals surface area contributed by atoms with Gasteiger partial charge in [0.15, 0.2) is 23.1 Å². The van der Waals surface area contributed by atoms with E-state index in [9.17, 15) is 24.9 Å². The summed E-state index contributed by atoms with van der Waals surface area (Å²) in [6.45, 7) is 0. The second-order valence-corrected chi connectivity index (χ2v) is 8.94. The molecule has 2 fully saturated rings. The number of ether oxygens (including phenoxy) is 1. The van der Waals surface area contributed by atoms with Crippen molar-refractivity contribution in [3.8, 4) is 17.2 Å². The van der Waals surface area contributed by atoms with Crippen molar-refractivity contribution in [3.05, 3.63) is 35.8 Å². The molecular formula is C22H24N8O7. The Labute approximate surface area is 209 Å². The van der Waals surface area contributed by atoms with Gasteiger partial charge >= 0.3 is 6.10 Å².